The van der Waals surface area contributed by atoms with Gasteiger partial charge in [-0.3, -0.25) is 14.2 Å². The van der Waals surface area contributed by atoms with Crippen molar-refractivity contribution in [1.82, 2.24) is 20.1 Å². The first-order chi connectivity index (χ1) is 9.65. The van der Waals surface area contributed by atoms with Gasteiger partial charge in [-0.25, -0.2) is 0 Å². The van der Waals surface area contributed by atoms with E-state index in [1.54, 1.807) is 6.92 Å². The topological polar surface area (TPSA) is 117 Å². The van der Waals surface area contributed by atoms with Crippen LogP contribution in [0.3, 0.4) is 0 Å². The standard InChI is InChI=1S/C12H20N4O4S/c1-7(10(20)13-12(2,3)4)16-8(5-17)14-15-11(16)21-6-9(18)19/h7,17H,5-6H2,1-4H3,(H,13,20)(H,18,19). The smallest absolute Gasteiger partial charge is 0.313 e. The summed E-state index contributed by atoms with van der Waals surface area (Å²) in [5.41, 5.74) is -0.396. The van der Waals surface area contributed by atoms with E-state index >= 15 is 0 Å². The van der Waals surface area contributed by atoms with Crippen LogP contribution < -0.4 is 5.32 Å². The first kappa shape index (κ1) is 17.4. The molecule has 0 bridgehead atoms. The molecule has 0 fully saturated rings. The predicted octanol–water partition coefficient (Wildman–Crippen LogP) is 0.423. The zero-order chi connectivity index (χ0) is 16.2. The molecule has 0 spiro atoms. The summed E-state index contributed by atoms with van der Waals surface area (Å²) in [6, 6.07) is -0.655. The van der Waals surface area contributed by atoms with Gasteiger partial charge in [0.05, 0.1) is 5.75 Å². The highest BCUT2D eigenvalue weighted by molar-refractivity contribution is 7.99. The number of carboxylic acids is 1. The quantitative estimate of drug-likeness (QED) is 0.651. The molecular weight excluding hydrogens is 296 g/mol. The van der Waals surface area contributed by atoms with E-state index in [1.165, 1.54) is 4.57 Å². The van der Waals surface area contributed by atoms with Gasteiger partial charge < -0.3 is 15.5 Å². The van der Waals surface area contributed by atoms with Crippen LogP contribution in [-0.4, -0.2) is 48.1 Å². The summed E-state index contributed by atoms with van der Waals surface area (Å²) in [5, 5.41) is 28.7. The van der Waals surface area contributed by atoms with E-state index in [0.717, 1.165) is 11.8 Å². The number of carboxylic acid groups (broad SMARTS) is 1. The molecule has 21 heavy (non-hydrogen) atoms. The normalized spacial score (nSPS) is 13.0. The Morgan fingerprint density at radius 2 is 2.00 bits per heavy atom. The maximum absolute atomic E-state index is 12.2. The lowest BCUT2D eigenvalue weighted by Crippen LogP contribution is -2.44. The Kier molecular flexibility index (Phi) is 5.73. The Labute approximate surface area is 126 Å². The fourth-order valence-corrected chi connectivity index (χ4v) is 2.37. The average molecular weight is 316 g/mol. The molecule has 0 saturated heterocycles. The van der Waals surface area contributed by atoms with Crippen LogP contribution in [0.5, 0.6) is 0 Å². The largest absolute Gasteiger partial charge is 0.481 e. The lowest BCUT2D eigenvalue weighted by atomic mass is 10.1. The molecule has 1 atom stereocenters. The van der Waals surface area contributed by atoms with Crippen molar-refractivity contribution >= 4 is 23.6 Å². The molecule has 1 heterocycles. The van der Waals surface area contributed by atoms with Crippen molar-refractivity contribution in [3.63, 3.8) is 0 Å². The number of thioether (sulfide) groups is 1. The third-order valence-corrected chi connectivity index (χ3v) is 3.39. The Bertz CT molecular complexity index is 524. The van der Waals surface area contributed by atoms with E-state index in [-0.39, 0.29) is 29.2 Å². The van der Waals surface area contributed by atoms with Gasteiger partial charge in [-0.1, -0.05) is 11.8 Å². The lowest BCUT2D eigenvalue weighted by Gasteiger charge is -2.24. The van der Waals surface area contributed by atoms with Gasteiger partial charge in [0, 0.05) is 5.54 Å². The maximum atomic E-state index is 12.2. The average Bonchev–Trinajstić information content (AvgIpc) is 2.76. The molecule has 0 radical (unpaired) electrons. The molecule has 118 valence electrons. The second-order valence-corrected chi connectivity index (χ2v) is 6.47. The van der Waals surface area contributed by atoms with Crippen molar-refractivity contribution in [2.75, 3.05) is 5.75 Å². The first-order valence-corrected chi connectivity index (χ1v) is 7.35. The van der Waals surface area contributed by atoms with E-state index in [1.807, 2.05) is 20.8 Å². The molecule has 0 aromatic carbocycles. The molecule has 9 heteroatoms. The molecule has 8 nitrogen and oxygen atoms in total. The number of carbonyl (C=O) groups excluding carboxylic acids is 1. The number of aliphatic carboxylic acids is 1. The van der Waals surface area contributed by atoms with Crippen LogP contribution >= 0.6 is 11.8 Å². The highest BCUT2D eigenvalue weighted by Gasteiger charge is 2.25. The van der Waals surface area contributed by atoms with Crippen LogP contribution in [0.15, 0.2) is 5.16 Å². The number of hydrogen-bond acceptors (Lipinski definition) is 6. The number of nitrogens with one attached hydrogen (secondary N) is 1. The molecule has 3 N–H and O–H groups in total. The molecule has 1 aromatic rings. The molecule has 1 unspecified atom stereocenters. The van der Waals surface area contributed by atoms with Gasteiger partial charge in [0.1, 0.15) is 12.6 Å². The number of aliphatic hydroxyl groups excluding tert-OH is 1. The highest BCUT2D eigenvalue weighted by atomic mass is 32.2. The van der Waals surface area contributed by atoms with Gasteiger partial charge in [0.25, 0.3) is 0 Å². The first-order valence-electron chi connectivity index (χ1n) is 6.37. The molecular formula is C12H20N4O4S. The van der Waals surface area contributed by atoms with Crippen molar-refractivity contribution in [2.45, 2.75) is 51.0 Å². The summed E-state index contributed by atoms with van der Waals surface area (Å²) in [6.07, 6.45) is 0. The van der Waals surface area contributed by atoms with Crippen LogP contribution in [0.4, 0.5) is 0 Å². The third kappa shape index (κ3) is 5.01. The van der Waals surface area contributed by atoms with E-state index in [9.17, 15) is 14.7 Å². The van der Waals surface area contributed by atoms with Gasteiger partial charge >= 0.3 is 5.97 Å². The Morgan fingerprint density at radius 1 is 1.38 bits per heavy atom. The molecule has 0 aliphatic rings. The monoisotopic (exact) mass is 316 g/mol. The predicted molar refractivity (Wildman–Crippen MR) is 76.9 cm³/mol. The maximum Gasteiger partial charge on any atom is 0.313 e. The lowest BCUT2D eigenvalue weighted by molar-refractivity contribution is -0.134. The van der Waals surface area contributed by atoms with Gasteiger partial charge in [-0.05, 0) is 27.7 Å². The van der Waals surface area contributed by atoms with Crippen molar-refractivity contribution in [3.8, 4) is 0 Å². The summed E-state index contributed by atoms with van der Waals surface area (Å²) < 4.78 is 1.45. The molecule has 1 aromatic heterocycles. The molecule has 1 amide bonds. The minimum Gasteiger partial charge on any atom is -0.481 e. The fourth-order valence-electron chi connectivity index (χ4n) is 1.62. The number of carbonyl (C=O) groups is 2. The zero-order valence-corrected chi connectivity index (χ0v) is 13.3. The van der Waals surface area contributed by atoms with Crippen molar-refractivity contribution in [1.29, 1.82) is 0 Å². The Hall–Kier alpha value is -1.61. The second kappa shape index (κ2) is 6.90. The summed E-state index contributed by atoms with van der Waals surface area (Å²) >= 11 is 0.954. The number of hydrogen-bond donors (Lipinski definition) is 3. The zero-order valence-electron chi connectivity index (χ0n) is 12.5. The molecule has 0 saturated carbocycles. The number of aliphatic hydroxyl groups is 1. The van der Waals surface area contributed by atoms with Crippen LogP contribution in [0, 0.1) is 0 Å². The molecule has 0 aliphatic heterocycles. The number of rotatable bonds is 6. The second-order valence-electron chi connectivity index (χ2n) is 5.52. The number of nitrogens with zero attached hydrogens (tertiary/aromatic N) is 3. The molecule has 1 rings (SSSR count). The van der Waals surface area contributed by atoms with Crippen molar-refractivity contribution in [3.05, 3.63) is 5.82 Å². The van der Waals surface area contributed by atoms with Crippen LogP contribution in [-0.2, 0) is 16.2 Å². The SMILES string of the molecule is CC(C(=O)NC(C)(C)C)n1c(CO)nnc1SCC(=O)O. The van der Waals surface area contributed by atoms with Gasteiger partial charge in [-0.15, -0.1) is 10.2 Å². The number of amides is 1. The van der Waals surface area contributed by atoms with Crippen molar-refractivity contribution in [2.24, 2.45) is 0 Å². The van der Waals surface area contributed by atoms with Gasteiger partial charge in [-0.2, -0.15) is 0 Å². The Balaban J connectivity index is 3.00. The van der Waals surface area contributed by atoms with Crippen LogP contribution in [0.25, 0.3) is 0 Å². The summed E-state index contributed by atoms with van der Waals surface area (Å²) in [6.45, 7) is 6.84. The van der Waals surface area contributed by atoms with E-state index in [2.05, 4.69) is 15.5 Å². The fraction of sp³-hybridized carbons (Fsp3) is 0.667. The van der Waals surface area contributed by atoms with Gasteiger partial charge in [0.15, 0.2) is 11.0 Å². The van der Waals surface area contributed by atoms with Gasteiger partial charge in [0.2, 0.25) is 5.91 Å². The summed E-state index contributed by atoms with van der Waals surface area (Å²) in [4.78, 5) is 22.9. The van der Waals surface area contributed by atoms with Crippen molar-refractivity contribution < 1.29 is 19.8 Å². The summed E-state index contributed by atoms with van der Waals surface area (Å²) in [7, 11) is 0. The summed E-state index contributed by atoms with van der Waals surface area (Å²) in [5.74, 6) is -1.22. The van der Waals surface area contributed by atoms with Crippen LogP contribution in [0.1, 0.15) is 39.6 Å². The Morgan fingerprint density at radius 3 is 2.48 bits per heavy atom. The van der Waals surface area contributed by atoms with E-state index < -0.39 is 17.6 Å². The minimum atomic E-state index is -0.994. The highest BCUT2D eigenvalue weighted by Crippen LogP contribution is 2.22. The van der Waals surface area contributed by atoms with E-state index in [4.69, 9.17) is 5.11 Å². The van der Waals surface area contributed by atoms with Crippen LogP contribution in [0.2, 0.25) is 0 Å². The number of aromatic nitrogens is 3. The van der Waals surface area contributed by atoms with E-state index in [0.29, 0.717) is 0 Å². The third-order valence-electron chi connectivity index (χ3n) is 2.47. The minimum absolute atomic E-state index is 0.197. The molecule has 0 aliphatic carbocycles.